The average molecular weight is 399 g/mol. The molecule has 0 saturated carbocycles. The van der Waals surface area contributed by atoms with E-state index >= 15 is 0 Å². The van der Waals surface area contributed by atoms with Crippen LogP contribution in [0.2, 0.25) is 0 Å². The molecule has 0 radical (unpaired) electrons. The number of hydrogen-bond donors (Lipinski definition) is 2. The molecular formula is C21H30N6O2. The lowest BCUT2D eigenvalue weighted by Crippen LogP contribution is -2.41. The maximum absolute atomic E-state index is 5.74. The number of nitrogens with zero attached hydrogens (tertiary/aromatic N) is 4. The van der Waals surface area contributed by atoms with Gasteiger partial charge in [-0.05, 0) is 25.8 Å². The highest BCUT2D eigenvalue weighted by molar-refractivity contribution is 5.79. The van der Waals surface area contributed by atoms with E-state index in [0.29, 0.717) is 25.7 Å². The van der Waals surface area contributed by atoms with Crippen LogP contribution < -0.4 is 15.4 Å². The van der Waals surface area contributed by atoms with Crippen molar-refractivity contribution in [1.82, 2.24) is 25.4 Å². The van der Waals surface area contributed by atoms with Gasteiger partial charge in [-0.1, -0.05) is 30.9 Å². The van der Waals surface area contributed by atoms with Crippen LogP contribution in [0, 0.1) is 6.92 Å². The number of ether oxygens (including phenoxy) is 2. The molecule has 0 aliphatic carbocycles. The number of nitrogens with one attached hydrogen (secondary N) is 2. The molecule has 29 heavy (non-hydrogen) atoms. The van der Waals surface area contributed by atoms with E-state index in [0.717, 1.165) is 49.0 Å². The van der Waals surface area contributed by atoms with Crippen molar-refractivity contribution in [3.8, 4) is 5.75 Å². The Morgan fingerprint density at radius 3 is 2.97 bits per heavy atom. The van der Waals surface area contributed by atoms with Crippen LogP contribution in [0.3, 0.4) is 0 Å². The van der Waals surface area contributed by atoms with Crippen LogP contribution in [-0.4, -0.2) is 46.6 Å². The first-order valence-corrected chi connectivity index (χ1v) is 9.97. The van der Waals surface area contributed by atoms with Crippen LogP contribution in [0.1, 0.15) is 30.1 Å². The first-order chi connectivity index (χ1) is 14.2. The Morgan fingerprint density at radius 2 is 2.24 bits per heavy atom. The smallest absolute Gasteiger partial charge is 0.192 e. The van der Waals surface area contributed by atoms with Crippen LogP contribution in [0.25, 0.3) is 0 Å². The fourth-order valence-electron chi connectivity index (χ4n) is 3.05. The number of aliphatic imine (C=N–C) groups is 1. The minimum Gasteiger partial charge on any atom is -0.489 e. The Morgan fingerprint density at radius 1 is 1.38 bits per heavy atom. The zero-order chi connectivity index (χ0) is 20.5. The Bertz CT molecular complexity index is 826. The first-order valence-electron chi connectivity index (χ1n) is 9.97. The Hall–Kier alpha value is -2.87. The number of benzene rings is 1. The Labute approximate surface area is 172 Å². The predicted molar refractivity (Wildman–Crippen MR) is 113 cm³/mol. The average Bonchev–Trinajstić information content (AvgIpc) is 3.37. The van der Waals surface area contributed by atoms with Gasteiger partial charge in [0, 0.05) is 25.8 Å². The second-order valence-corrected chi connectivity index (χ2v) is 6.96. The van der Waals surface area contributed by atoms with Crippen molar-refractivity contribution in [3.63, 3.8) is 0 Å². The summed E-state index contributed by atoms with van der Waals surface area (Å²) in [6, 6.07) is 7.91. The van der Waals surface area contributed by atoms with Gasteiger partial charge in [0.25, 0.3) is 0 Å². The molecule has 8 nitrogen and oxygen atoms in total. The standard InChI is InChI=1S/C21H30N6O2/c1-4-11-29-19-10-6-5-8-17(19)13-22-21(23-14-18-9-7-12-28-18)24-15-20-26-25-16(2)27(20)3/h4-6,8,10,18H,1,7,9,11-15H2,2-3H3,(H2,22,23,24). The summed E-state index contributed by atoms with van der Waals surface area (Å²) in [5.74, 6) is 3.25. The molecule has 1 aliphatic rings. The topological polar surface area (TPSA) is 85.6 Å². The molecule has 3 rings (SSSR count). The molecule has 1 fully saturated rings. The second kappa shape index (κ2) is 10.6. The Kier molecular flexibility index (Phi) is 7.63. The molecule has 1 aromatic heterocycles. The molecule has 1 unspecified atom stereocenters. The quantitative estimate of drug-likeness (QED) is 0.382. The maximum atomic E-state index is 5.74. The third-order valence-corrected chi connectivity index (χ3v) is 4.85. The van der Waals surface area contributed by atoms with E-state index in [1.54, 1.807) is 6.08 Å². The maximum Gasteiger partial charge on any atom is 0.192 e. The van der Waals surface area contributed by atoms with Crippen LogP contribution in [0.5, 0.6) is 5.75 Å². The number of aromatic nitrogens is 3. The summed E-state index contributed by atoms with van der Waals surface area (Å²) in [5.41, 5.74) is 1.02. The van der Waals surface area contributed by atoms with E-state index in [1.807, 2.05) is 42.8 Å². The number of aryl methyl sites for hydroxylation is 1. The van der Waals surface area contributed by atoms with Crippen molar-refractivity contribution in [2.24, 2.45) is 12.0 Å². The minimum absolute atomic E-state index is 0.224. The molecule has 0 amide bonds. The molecular weight excluding hydrogens is 368 g/mol. The predicted octanol–water partition coefficient (Wildman–Crippen LogP) is 2.10. The van der Waals surface area contributed by atoms with Crippen molar-refractivity contribution in [3.05, 3.63) is 54.1 Å². The molecule has 8 heteroatoms. The zero-order valence-corrected chi connectivity index (χ0v) is 17.2. The highest BCUT2D eigenvalue weighted by Gasteiger charge is 2.16. The number of hydrogen-bond acceptors (Lipinski definition) is 5. The molecule has 2 heterocycles. The minimum atomic E-state index is 0.224. The first kappa shape index (κ1) is 20.9. The summed E-state index contributed by atoms with van der Waals surface area (Å²) in [6.07, 6.45) is 4.14. The number of guanidine groups is 1. The summed E-state index contributed by atoms with van der Waals surface area (Å²) < 4.78 is 13.4. The third-order valence-electron chi connectivity index (χ3n) is 4.85. The third kappa shape index (κ3) is 6.05. The molecule has 2 N–H and O–H groups in total. The van der Waals surface area contributed by atoms with Gasteiger partial charge in [-0.25, -0.2) is 4.99 Å². The van der Waals surface area contributed by atoms with E-state index in [9.17, 15) is 0 Å². The molecule has 1 saturated heterocycles. The molecule has 1 aliphatic heterocycles. The lowest BCUT2D eigenvalue weighted by Gasteiger charge is -2.16. The zero-order valence-electron chi connectivity index (χ0n) is 17.2. The normalized spacial score (nSPS) is 16.6. The van der Waals surface area contributed by atoms with Crippen molar-refractivity contribution in [2.75, 3.05) is 19.8 Å². The molecule has 156 valence electrons. The molecule has 0 bridgehead atoms. The summed E-state index contributed by atoms with van der Waals surface area (Å²) in [5, 5.41) is 15.1. The molecule has 0 spiro atoms. The van der Waals surface area contributed by atoms with Crippen LogP contribution >= 0.6 is 0 Å². The highest BCUT2D eigenvalue weighted by Crippen LogP contribution is 2.19. The number of rotatable bonds is 9. The molecule has 1 aromatic carbocycles. The lowest BCUT2D eigenvalue weighted by atomic mass is 10.2. The van der Waals surface area contributed by atoms with Gasteiger partial charge in [0.2, 0.25) is 0 Å². The van der Waals surface area contributed by atoms with Crippen molar-refractivity contribution in [1.29, 1.82) is 0 Å². The highest BCUT2D eigenvalue weighted by atomic mass is 16.5. The van der Waals surface area contributed by atoms with E-state index in [1.165, 1.54) is 0 Å². The van der Waals surface area contributed by atoms with Crippen LogP contribution in [0.15, 0.2) is 41.9 Å². The van der Waals surface area contributed by atoms with Crippen molar-refractivity contribution < 1.29 is 9.47 Å². The Balaban J connectivity index is 1.67. The summed E-state index contributed by atoms with van der Waals surface area (Å²) in [4.78, 5) is 4.75. The van der Waals surface area contributed by atoms with Gasteiger partial charge in [-0.3, -0.25) is 0 Å². The van der Waals surface area contributed by atoms with Gasteiger partial charge >= 0.3 is 0 Å². The second-order valence-electron chi connectivity index (χ2n) is 6.96. The molecule has 1 atom stereocenters. The largest absolute Gasteiger partial charge is 0.489 e. The fourth-order valence-corrected chi connectivity index (χ4v) is 3.05. The SMILES string of the molecule is C=CCOc1ccccc1CN=C(NCc1nnc(C)n1C)NCC1CCCO1. The monoisotopic (exact) mass is 398 g/mol. The lowest BCUT2D eigenvalue weighted by molar-refractivity contribution is 0.113. The summed E-state index contributed by atoms with van der Waals surface area (Å²) in [6.45, 7) is 8.68. The van der Waals surface area contributed by atoms with Gasteiger partial charge in [-0.2, -0.15) is 0 Å². The van der Waals surface area contributed by atoms with Gasteiger partial charge in [0.05, 0.1) is 19.2 Å². The van der Waals surface area contributed by atoms with Crippen molar-refractivity contribution in [2.45, 2.75) is 39.0 Å². The molecule has 2 aromatic rings. The van der Waals surface area contributed by atoms with Crippen LogP contribution in [0.4, 0.5) is 0 Å². The van der Waals surface area contributed by atoms with Gasteiger partial charge < -0.3 is 24.7 Å². The van der Waals surface area contributed by atoms with Gasteiger partial charge in [-0.15, -0.1) is 10.2 Å². The van der Waals surface area contributed by atoms with E-state index in [4.69, 9.17) is 14.5 Å². The van der Waals surface area contributed by atoms with Crippen molar-refractivity contribution >= 4 is 5.96 Å². The van der Waals surface area contributed by atoms with Crippen LogP contribution in [-0.2, 0) is 24.9 Å². The van der Waals surface area contributed by atoms with E-state index in [-0.39, 0.29) is 6.10 Å². The van der Waals surface area contributed by atoms with Gasteiger partial charge in [0.15, 0.2) is 11.8 Å². The summed E-state index contributed by atoms with van der Waals surface area (Å²) in [7, 11) is 1.95. The van der Waals surface area contributed by atoms with Gasteiger partial charge in [0.1, 0.15) is 18.2 Å². The number of para-hydroxylation sites is 1. The van der Waals surface area contributed by atoms with E-state index in [2.05, 4.69) is 27.4 Å². The fraction of sp³-hybridized carbons (Fsp3) is 0.476. The van der Waals surface area contributed by atoms with E-state index < -0.39 is 0 Å². The summed E-state index contributed by atoms with van der Waals surface area (Å²) >= 11 is 0.